The third-order valence-electron chi connectivity index (χ3n) is 3.43. The Morgan fingerprint density at radius 3 is 2.72 bits per heavy atom. The van der Waals surface area contributed by atoms with Gasteiger partial charge in [-0.3, -0.25) is 4.99 Å². The summed E-state index contributed by atoms with van der Waals surface area (Å²) in [6.45, 7) is 4.22. The van der Waals surface area contributed by atoms with Gasteiger partial charge in [0.05, 0.1) is 5.75 Å². The number of aliphatic imine (C=N–C) groups is 1. The second-order valence-corrected chi connectivity index (χ2v) is 7.87. The van der Waals surface area contributed by atoms with Crippen LogP contribution in [-0.2, 0) is 16.3 Å². The summed E-state index contributed by atoms with van der Waals surface area (Å²) in [6, 6.07) is 5.92. The third kappa shape index (κ3) is 8.13. The van der Waals surface area contributed by atoms with Crippen LogP contribution in [0.1, 0.15) is 18.9 Å². The zero-order chi connectivity index (χ0) is 17.4. The number of halogens is 1. The van der Waals surface area contributed by atoms with Crippen LogP contribution in [-0.4, -0.2) is 52.8 Å². The van der Waals surface area contributed by atoms with Gasteiger partial charge in [-0.25, -0.2) is 8.42 Å². The SMILES string of the molecule is CCNC(=NCCCS(C)(=O)=O)NCCc1ccc2c(c1)OCO2.I. The first-order chi connectivity index (χ1) is 11.5. The van der Waals surface area contributed by atoms with E-state index in [9.17, 15) is 8.42 Å². The van der Waals surface area contributed by atoms with E-state index in [-0.39, 0.29) is 36.5 Å². The van der Waals surface area contributed by atoms with Gasteiger partial charge in [0, 0.05) is 25.9 Å². The van der Waals surface area contributed by atoms with Crippen molar-refractivity contribution in [2.24, 2.45) is 4.99 Å². The van der Waals surface area contributed by atoms with Crippen LogP contribution in [0.15, 0.2) is 23.2 Å². The van der Waals surface area contributed by atoms with Crippen molar-refractivity contribution in [1.29, 1.82) is 0 Å². The number of guanidine groups is 1. The second kappa shape index (κ2) is 10.7. The van der Waals surface area contributed by atoms with Crippen molar-refractivity contribution >= 4 is 39.8 Å². The summed E-state index contributed by atoms with van der Waals surface area (Å²) in [5, 5.41) is 6.40. The summed E-state index contributed by atoms with van der Waals surface area (Å²) in [5.41, 5.74) is 1.15. The van der Waals surface area contributed by atoms with Gasteiger partial charge in [-0.15, -0.1) is 24.0 Å². The normalized spacial score (nSPS) is 13.3. The van der Waals surface area contributed by atoms with Gasteiger partial charge in [0.25, 0.3) is 0 Å². The highest BCUT2D eigenvalue weighted by molar-refractivity contribution is 14.0. The molecular formula is C16H26IN3O4S. The molecule has 25 heavy (non-hydrogen) atoms. The summed E-state index contributed by atoms with van der Waals surface area (Å²) < 4.78 is 32.9. The molecule has 1 aliphatic heterocycles. The lowest BCUT2D eigenvalue weighted by atomic mass is 10.1. The number of benzene rings is 1. The Kier molecular flexibility index (Phi) is 9.33. The monoisotopic (exact) mass is 483 g/mol. The van der Waals surface area contributed by atoms with Gasteiger partial charge in [0.2, 0.25) is 6.79 Å². The van der Waals surface area contributed by atoms with Crippen LogP contribution < -0.4 is 20.1 Å². The Morgan fingerprint density at radius 2 is 2.00 bits per heavy atom. The van der Waals surface area contributed by atoms with Crippen molar-refractivity contribution in [3.8, 4) is 11.5 Å². The maximum absolute atomic E-state index is 11.1. The van der Waals surface area contributed by atoms with Crippen LogP contribution in [0.4, 0.5) is 0 Å². The molecule has 0 spiro atoms. The van der Waals surface area contributed by atoms with Gasteiger partial charge in [0.15, 0.2) is 17.5 Å². The molecule has 0 radical (unpaired) electrons. The van der Waals surface area contributed by atoms with Crippen molar-refractivity contribution in [3.63, 3.8) is 0 Å². The van der Waals surface area contributed by atoms with Gasteiger partial charge in [-0.1, -0.05) is 6.07 Å². The molecule has 0 saturated carbocycles. The number of hydrogen-bond acceptors (Lipinski definition) is 5. The van der Waals surface area contributed by atoms with Crippen molar-refractivity contribution in [2.45, 2.75) is 19.8 Å². The maximum Gasteiger partial charge on any atom is 0.231 e. The molecule has 0 fully saturated rings. The van der Waals surface area contributed by atoms with Gasteiger partial charge in [-0.2, -0.15) is 0 Å². The zero-order valence-corrected chi connectivity index (χ0v) is 17.7. The minimum atomic E-state index is -2.92. The standard InChI is InChI=1S/C16H25N3O4S.HI/c1-3-17-16(18-8-4-10-24(2,20)21)19-9-7-13-5-6-14-15(11-13)23-12-22-14;/h5-6,11H,3-4,7-10,12H2,1-2H3,(H2,17,18,19);1H. The lowest BCUT2D eigenvalue weighted by Crippen LogP contribution is -2.38. The van der Waals surface area contributed by atoms with E-state index in [4.69, 9.17) is 9.47 Å². The minimum Gasteiger partial charge on any atom is -0.454 e. The number of nitrogens with zero attached hydrogens (tertiary/aromatic N) is 1. The van der Waals surface area contributed by atoms with Gasteiger partial charge >= 0.3 is 0 Å². The fourth-order valence-corrected chi connectivity index (χ4v) is 2.93. The van der Waals surface area contributed by atoms with Gasteiger partial charge in [0.1, 0.15) is 9.84 Å². The van der Waals surface area contributed by atoms with E-state index in [0.717, 1.165) is 36.6 Å². The average molecular weight is 483 g/mol. The van der Waals surface area contributed by atoms with E-state index in [0.29, 0.717) is 18.9 Å². The highest BCUT2D eigenvalue weighted by atomic mass is 127. The molecular weight excluding hydrogens is 457 g/mol. The molecule has 0 saturated heterocycles. The van der Waals surface area contributed by atoms with Crippen LogP contribution in [0.5, 0.6) is 11.5 Å². The Balaban J connectivity index is 0.00000312. The molecule has 9 heteroatoms. The highest BCUT2D eigenvalue weighted by Crippen LogP contribution is 2.32. The minimum absolute atomic E-state index is 0. The number of nitrogens with one attached hydrogen (secondary N) is 2. The van der Waals surface area contributed by atoms with E-state index in [2.05, 4.69) is 15.6 Å². The first kappa shape index (κ1) is 21.8. The average Bonchev–Trinajstić information content (AvgIpc) is 2.98. The summed E-state index contributed by atoms with van der Waals surface area (Å²) in [6.07, 6.45) is 2.59. The van der Waals surface area contributed by atoms with Crippen LogP contribution in [0.3, 0.4) is 0 Å². The molecule has 7 nitrogen and oxygen atoms in total. The van der Waals surface area contributed by atoms with Crippen LogP contribution in [0.25, 0.3) is 0 Å². The van der Waals surface area contributed by atoms with Crippen molar-refractivity contribution < 1.29 is 17.9 Å². The number of rotatable bonds is 8. The summed E-state index contributed by atoms with van der Waals surface area (Å²) in [4.78, 5) is 4.39. The maximum atomic E-state index is 11.1. The largest absolute Gasteiger partial charge is 0.454 e. The molecule has 0 unspecified atom stereocenters. The molecule has 0 bridgehead atoms. The van der Waals surface area contributed by atoms with Crippen molar-refractivity contribution in [1.82, 2.24) is 10.6 Å². The topological polar surface area (TPSA) is 89.0 Å². The van der Waals surface area contributed by atoms with E-state index < -0.39 is 9.84 Å². The fourth-order valence-electron chi connectivity index (χ4n) is 2.28. The molecule has 142 valence electrons. The lowest BCUT2D eigenvalue weighted by Gasteiger charge is -2.11. The van der Waals surface area contributed by atoms with E-state index in [1.54, 1.807) is 0 Å². The molecule has 1 aromatic carbocycles. The van der Waals surface area contributed by atoms with Gasteiger partial charge < -0.3 is 20.1 Å². The molecule has 0 aromatic heterocycles. The Morgan fingerprint density at radius 1 is 1.24 bits per heavy atom. The molecule has 0 amide bonds. The molecule has 1 aliphatic rings. The van der Waals surface area contributed by atoms with Crippen LogP contribution >= 0.6 is 24.0 Å². The first-order valence-corrected chi connectivity index (χ1v) is 10.1. The molecule has 0 aliphatic carbocycles. The molecule has 1 aromatic rings. The summed E-state index contributed by atoms with van der Waals surface area (Å²) >= 11 is 0. The number of fused-ring (bicyclic) bond motifs is 1. The Hall–Kier alpha value is -1.23. The smallest absolute Gasteiger partial charge is 0.231 e. The number of sulfone groups is 1. The molecule has 2 rings (SSSR count). The Bertz CT molecular complexity index is 680. The number of ether oxygens (including phenoxy) is 2. The van der Waals surface area contributed by atoms with Gasteiger partial charge in [-0.05, 0) is 37.5 Å². The quantitative estimate of drug-likeness (QED) is 0.253. The first-order valence-electron chi connectivity index (χ1n) is 8.06. The highest BCUT2D eigenvalue weighted by Gasteiger charge is 2.12. The van der Waals surface area contributed by atoms with Crippen LogP contribution in [0.2, 0.25) is 0 Å². The predicted octanol–water partition coefficient (Wildman–Crippen LogP) is 1.57. The van der Waals surface area contributed by atoms with E-state index >= 15 is 0 Å². The number of hydrogen-bond donors (Lipinski definition) is 2. The second-order valence-electron chi connectivity index (χ2n) is 5.61. The zero-order valence-electron chi connectivity index (χ0n) is 14.6. The van der Waals surface area contributed by atoms with E-state index in [1.165, 1.54) is 6.26 Å². The lowest BCUT2D eigenvalue weighted by molar-refractivity contribution is 0.174. The van der Waals surface area contributed by atoms with Crippen molar-refractivity contribution in [2.75, 3.05) is 38.4 Å². The van der Waals surface area contributed by atoms with Crippen molar-refractivity contribution in [3.05, 3.63) is 23.8 Å². The Labute approximate surface area is 166 Å². The third-order valence-corrected chi connectivity index (χ3v) is 4.46. The fraction of sp³-hybridized carbons (Fsp3) is 0.562. The summed E-state index contributed by atoms with van der Waals surface area (Å²) in [5.74, 6) is 2.43. The predicted molar refractivity (Wildman–Crippen MR) is 110 cm³/mol. The molecule has 2 N–H and O–H groups in total. The molecule has 1 heterocycles. The van der Waals surface area contributed by atoms with Crippen LogP contribution in [0, 0.1) is 0 Å². The summed E-state index contributed by atoms with van der Waals surface area (Å²) in [7, 11) is -2.92. The molecule has 0 atom stereocenters. The van der Waals surface area contributed by atoms with E-state index in [1.807, 2.05) is 25.1 Å².